The van der Waals surface area contributed by atoms with E-state index in [4.69, 9.17) is 26.8 Å². The van der Waals surface area contributed by atoms with Gasteiger partial charge in [-0.2, -0.15) is 38.5 Å². The van der Waals surface area contributed by atoms with Crippen LogP contribution in [0.3, 0.4) is 0 Å². The topological polar surface area (TPSA) is 486 Å². The first-order valence-electron chi connectivity index (χ1n) is 41.6. The number of carboxylic acid groups (broad SMARTS) is 1. The Labute approximate surface area is 753 Å². The van der Waals surface area contributed by atoms with Gasteiger partial charge < -0.3 is 67.7 Å². The number of nitrogens with zero attached hydrogens (tertiary/aromatic N) is 19. The van der Waals surface area contributed by atoms with E-state index in [1.54, 1.807) is 71.7 Å². The molecule has 0 saturated carbocycles. The molecule has 11 aromatic heterocycles. The molecule has 660 valence electrons. The van der Waals surface area contributed by atoms with Crippen LogP contribution in [-0.2, 0) is 32.0 Å². The van der Waals surface area contributed by atoms with Gasteiger partial charge in [0.1, 0.15) is 49.6 Å². The normalized spacial score (nSPS) is 14.8. The summed E-state index contributed by atoms with van der Waals surface area (Å²) in [6, 6.07) is 34.3. The number of hydrogen-bond acceptors (Lipinski definition) is 34. The summed E-state index contributed by atoms with van der Waals surface area (Å²) in [6.07, 6.45) is 15.7. The van der Waals surface area contributed by atoms with Crippen molar-refractivity contribution in [3.63, 3.8) is 0 Å². The van der Waals surface area contributed by atoms with E-state index in [-0.39, 0.29) is 58.5 Å². The lowest BCUT2D eigenvalue weighted by molar-refractivity contribution is -0.137. The van der Waals surface area contributed by atoms with Gasteiger partial charge in [-0.15, -0.1) is 22.7 Å². The van der Waals surface area contributed by atoms with Gasteiger partial charge in [0, 0.05) is 158 Å². The van der Waals surface area contributed by atoms with Crippen LogP contribution in [0.2, 0.25) is 0 Å². The fourth-order valence-corrected chi connectivity index (χ4v) is 19.4. The third-order valence-corrected chi connectivity index (χ3v) is 26.4. The molecular formula is C85H88N26O11S6. The molecule has 11 N–H and O–H groups in total. The molecule has 4 fully saturated rings. The molecule has 0 bridgehead atoms. The van der Waals surface area contributed by atoms with Gasteiger partial charge in [-0.25, -0.2) is 29.9 Å². The average Bonchev–Trinajstić information content (AvgIpc) is 1.65. The largest absolute Gasteiger partial charge is 0.481 e. The van der Waals surface area contributed by atoms with Crippen LogP contribution >= 0.6 is 68.0 Å². The summed E-state index contributed by atoms with van der Waals surface area (Å²) in [4.78, 5) is 149. The Morgan fingerprint density at radius 2 is 0.703 bits per heavy atom. The molecule has 3 atom stereocenters. The maximum atomic E-state index is 12.7. The lowest BCUT2D eigenvalue weighted by atomic mass is 10.1. The molecule has 128 heavy (non-hydrogen) atoms. The SMILES string of the molecule is N[C@@H](Cc1cscn1)C(=O)Nc1cccc(-c2nn3c(=O)cc(N4CCCCC4)nc3s2)c1.N[C@H](CCC(=O)O)C(=O)Nc1cccc(-c2nn3c(=O)cc(N4CCCCC4)nc3s2)c1.N[C@H](Cc1cscn1)C(=O)Nc1cccc(-c2nn3c(=O)cc(N4CCCCC4)nc3s2)c1.O=C(Nc1cccc(-c2nn3c(=O)cc(N4CCCCC4)nc3s2)c1)c1ccon1. The fraction of sp³-hybridized carbons (Fsp3) is 0.318. The number of fused-ring (bicyclic) bond motifs is 4. The highest BCUT2D eigenvalue weighted by Crippen LogP contribution is 2.34. The molecule has 15 aromatic rings. The number of carbonyl (C=O) groups is 5. The first-order chi connectivity index (χ1) is 62.2. The number of rotatable bonds is 23. The van der Waals surface area contributed by atoms with E-state index in [0.29, 0.717) is 98.7 Å². The van der Waals surface area contributed by atoms with Gasteiger partial charge in [0.15, 0.2) is 5.69 Å². The highest BCUT2D eigenvalue weighted by molar-refractivity contribution is 7.21. The minimum atomic E-state index is -1.00. The van der Waals surface area contributed by atoms with E-state index in [9.17, 15) is 43.2 Å². The monoisotopic (exact) mass is 1840 g/mol. The minimum absolute atomic E-state index is 0.0483. The number of hydrogen-bond donors (Lipinski definition) is 8. The van der Waals surface area contributed by atoms with Crippen molar-refractivity contribution in [2.75, 3.05) is 93.2 Å². The average molecular weight is 1840 g/mol. The second-order valence-corrected chi connectivity index (χ2v) is 35.9. The van der Waals surface area contributed by atoms with E-state index in [1.807, 2.05) is 65.4 Å². The number of aliphatic carboxylic acids is 1. The highest BCUT2D eigenvalue weighted by atomic mass is 32.1. The van der Waals surface area contributed by atoms with Crippen LogP contribution in [0.15, 0.2) is 179 Å². The summed E-state index contributed by atoms with van der Waals surface area (Å²) in [5.41, 5.74) is 27.7. The minimum Gasteiger partial charge on any atom is -0.481 e. The molecule has 0 unspecified atom stereocenters. The predicted molar refractivity (Wildman–Crippen MR) is 497 cm³/mol. The Kier molecular flexibility index (Phi) is 28.3. The van der Waals surface area contributed by atoms with Crippen LogP contribution in [0, 0.1) is 0 Å². The Morgan fingerprint density at radius 1 is 0.398 bits per heavy atom. The Morgan fingerprint density at radius 3 is 0.984 bits per heavy atom. The first-order valence-corrected chi connectivity index (χ1v) is 46.8. The molecule has 4 aromatic carbocycles. The zero-order valence-corrected chi connectivity index (χ0v) is 73.8. The molecule has 4 aliphatic heterocycles. The number of carboxylic acids is 1. The van der Waals surface area contributed by atoms with E-state index in [2.05, 4.69) is 96.3 Å². The van der Waals surface area contributed by atoms with E-state index in [1.165, 1.54) is 130 Å². The quantitative estimate of drug-likeness (QED) is 0.0295. The number of anilines is 8. The summed E-state index contributed by atoms with van der Waals surface area (Å²) in [7, 11) is 0. The lowest BCUT2D eigenvalue weighted by Gasteiger charge is -2.27. The number of thiazole rings is 2. The van der Waals surface area contributed by atoms with Crippen molar-refractivity contribution in [3.05, 3.63) is 214 Å². The highest BCUT2D eigenvalue weighted by Gasteiger charge is 2.26. The zero-order valence-electron chi connectivity index (χ0n) is 68.9. The van der Waals surface area contributed by atoms with E-state index >= 15 is 0 Å². The Balaban J connectivity index is 0.000000125. The molecule has 4 saturated heterocycles. The molecule has 19 rings (SSSR count). The lowest BCUT2D eigenvalue weighted by Crippen LogP contribution is -2.37. The summed E-state index contributed by atoms with van der Waals surface area (Å²) in [6.45, 7) is 7.29. The smallest absolute Gasteiger partial charge is 0.303 e. The third kappa shape index (κ3) is 22.1. The standard InChI is InChI=1S/2C22H23N7O2S2.C21H24N6O4S.C20H18N6O3S/c2*23-17(10-16-12-32-13-24-16)20(31)25-15-6-4-5-14(9-15)21-27-29-19(30)11-18(26-22(29)33-21)28-7-2-1-3-8-28;22-15(7-8-18(29)30)19(31)23-14-6-4-5-13(11-14)20-25-27-17(28)12-16(24-21(27)32-20)26-9-2-1-3-10-26;27-17-12-16(25-8-2-1-3-9-25)22-20-26(17)23-19(30-20)13-5-4-6-14(11-13)21-18(28)15-7-10-29-24-15/h2*4-6,9,11-13,17H,1-3,7-8,10,23H2,(H,25,31);4-6,11-12,15H,1-3,7-10,22H2,(H,23,31)(H,29,30);4-7,10-12H,1-3,8-9H2,(H,21,28)/t2*17-;15-;/m101./s1. The van der Waals surface area contributed by atoms with Crippen molar-refractivity contribution in [2.24, 2.45) is 17.2 Å². The summed E-state index contributed by atoms with van der Waals surface area (Å²) in [5, 5.41) is 47.7. The summed E-state index contributed by atoms with van der Waals surface area (Å²) >= 11 is 8.28. The van der Waals surface area contributed by atoms with Crippen molar-refractivity contribution < 1.29 is 33.6 Å². The van der Waals surface area contributed by atoms with Gasteiger partial charge in [-0.05, 0) is 132 Å². The van der Waals surface area contributed by atoms with Crippen molar-refractivity contribution in [2.45, 2.75) is 121 Å². The predicted octanol–water partition coefficient (Wildman–Crippen LogP) is 10.5. The number of nitrogens with one attached hydrogen (secondary N) is 4. The molecule has 0 spiro atoms. The van der Waals surface area contributed by atoms with Crippen LogP contribution in [0.25, 0.3) is 62.1 Å². The van der Waals surface area contributed by atoms with Gasteiger partial charge in [-0.1, -0.05) is 99.0 Å². The van der Waals surface area contributed by atoms with Crippen LogP contribution in [0.5, 0.6) is 0 Å². The van der Waals surface area contributed by atoms with E-state index in [0.717, 1.165) is 137 Å². The molecule has 0 radical (unpaired) electrons. The van der Waals surface area contributed by atoms with Crippen LogP contribution in [0.4, 0.5) is 46.0 Å². The van der Waals surface area contributed by atoms with Gasteiger partial charge in [0.25, 0.3) is 28.1 Å². The molecule has 4 amide bonds. The maximum Gasteiger partial charge on any atom is 0.303 e. The van der Waals surface area contributed by atoms with Crippen LogP contribution in [-0.4, -0.2) is 179 Å². The molecular weight excluding hydrogens is 1750 g/mol. The van der Waals surface area contributed by atoms with Crippen LogP contribution in [0.1, 0.15) is 112 Å². The molecule has 15 heterocycles. The number of aromatic nitrogens is 15. The van der Waals surface area contributed by atoms with E-state index < -0.39 is 30.0 Å². The molecule has 37 nitrogen and oxygen atoms in total. The Hall–Kier alpha value is -13.1. The molecule has 0 aliphatic carbocycles. The second kappa shape index (κ2) is 41.1. The summed E-state index contributed by atoms with van der Waals surface area (Å²) < 4.78 is 9.99. The second-order valence-electron chi connectivity index (χ2n) is 30.7. The number of piperidine rings is 4. The van der Waals surface area contributed by atoms with Gasteiger partial charge in [-0.3, -0.25) is 43.2 Å². The van der Waals surface area contributed by atoms with Crippen molar-refractivity contribution in [1.29, 1.82) is 0 Å². The maximum absolute atomic E-state index is 12.7. The first kappa shape index (κ1) is 88.3. The van der Waals surface area contributed by atoms with Gasteiger partial charge in [0.2, 0.25) is 37.6 Å². The van der Waals surface area contributed by atoms with Crippen LogP contribution < -0.4 is 80.3 Å². The van der Waals surface area contributed by atoms with Crippen molar-refractivity contribution >= 4 is 163 Å². The number of benzene rings is 4. The fourth-order valence-electron chi connectivity index (χ4n) is 14.7. The molecule has 43 heteroatoms. The number of amides is 4. The van der Waals surface area contributed by atoms with Crippen molar-refractivity contribution in [3.8, 4) is 42.3 Å². The van der Waals surface area contributed by atoms with Gasteiger partial charge >= 0.3 is 5.97 Å². The zero-order chi connectivity index (χ0) is 88.7. The molecule has 4 aliphatic rings. The van der Waals surface area contributed by atoms with Crippen molar-refractivity contribution in [1.82, 2.24) is 73.5 Å². The Bertz CT molecular complexity index is 6500. The number of carbonyl (C=O) groups excluding carboxylic acids is 4. The third-order valence-electron chi connectivity index (χ3n) is 21.3. The summed E-state index contributed by atoms with van der Waals surface area (Å²) in [5.74, 6) is 0.422. The number of nitrogens with two attached hydrogens (primary N) is 3. The van der Waals surface area contributed by atoms with Gasteiger partial charge in [0.05, 0.1) is 40.5 Å².